The summed E-state index contributed by atoms with van der Waals surface area (Å²) in [4.78, 5) is 24.9. The number of aliphatic hydroxyl groups excluding tert-OH is 1. The summed E-state index contributed by atoms with van der Waals surface area (Å²) in [6.07, 6.45) is -0.777. The van der Waals surface area contributed by atoms with Gasteiger partial charge in [0.2, 0.25) is 11.6 Å². The number of nitrogens with zero attached hydrogens (tertiary/aromatic N) is 2. The Bertz CT molecular complexity index is 871. The Morgan fingerprint density at radius 1 is 1.30 bits per heavy atom. The maximum Gasteiger partial charge on any atom is 0.343 e. The minimum absolute atomic E-state index is 0.00167. The summed E-state index contributed by atoms with van der Waals surface area (Å²) in [5.74, 6) is -12.6. The highest BCUT2D eigenvalue weighted by atomic mass is 19.2. The molecule has 0 saturated heterocycles. The Hall–Kier alpha value is -3.05. The molecule has 0 aliphatic heterocycles. The first-order chi connectivity index (χ1) is 12.6. The van der Waals surface area contributed by atoms with Gasteiger partial charge in [-0.25, -0.2) is 22.4 Å². The third kappa shape index (κ3) is 3.88. The minimum atomic E-state index is -2.47. The molecule has 12 heteroatoms. The summed E-state index contributed by atoms with van der Waals surface area (Å²) in [5.41, 5.74) is -4.67. The standard InChI is InChI=1S/C15H11F5N2O5/c1-2-27-15(24)5(4-21-7-3-6(7)16)14(23)8-9(17)10(18)11(19)12(20)13(8)22(25)26/h4,6-7,23H,2-3H2,1H3. The second-order valence-corrected chi connectivity index (χ2v) is 5.32. The van der Waals surface area contributed by atoms with Crippen LogP contribution in [0.3, 0.4) is 0 Å². The van der Waals surface area contributed by atoms with Gasteiger partial charge in [-0.05, 0) is 6.92 Å². The van der Waals surface area contributed by atoms with E-state index in [9.17, 15) is 42.0 Å². The monoisotopic (exact) mass is 394 g/mol. The summed E-state index contributed by atoms with van der Waals surface area (Å²) < 4.78 is 72.0. The van der Waals surface area contributed by atoms with Crippen LogP contribution < -0.4 is 0 Å². The van der Waals surface area contributed by atoms with Crippen LogP contribution in [0.15, 0.2) is 10.6 Å². The van der Waals surface area contributed by atoms with Gasteiger partial charge in [0.05, 0.1) is 17.6 Å². The van der Waals surface area contributed by atoms with Crippen molar-refractivity contribution in [3.8, 4) is 0 Å². The minimum Gasteiger partial charge on any atom is -0.506 e. The maximum atomic E-state index is 14.1. The van der Waals surface area contributed by atoms with Crippen LogP contribution in [0.2, 0.25) is 0 Å². The number of aliphatic hydroxyl groups is 1. The second-order valence-electron chi connectivity index (χ2n) is 5.32. The highest BCUT2D eigenvalue weighted by molar-refractivity contribution is 6.15. The number of esters is 1. The Labute approximate surface area is 147 Å². The summed E-state index contributed by atoms with van der Waals surface area (Å²) in [6.45, 7) is 1.10. The molecule has 1 N–H and O–H groups in total. The zero-order valence-corrected chi connectivity index (χ0v) is 13.5. The molecule has 0 aromatic heterocycles. The van der Waals surface area contributed by atoms with Crippen molar-refractivity contribution in [1.29, 1.82) is 0 Å². The second kappa shape index (κ2) is 7.68. The summed E-state index contributed by atoms with van der Waals surface area (Å²) >= 11 is 0. The number of halogens is 5. The van der Waals surface area contributed by atoms with Crippen LogP contribution >= 0.6 is 0 Å². The lowest BCUT2D eigenvalue weighted by Gasteiger charge is -2.10. The van der Waals surface area contributed by atoms with E-state index in [1.54, 1.807) is 0 Å². The SMILES string of the molecule is CCOC(=O)C(C=NC1CC1F)=C(O)c1c(F)c(F)c(F)c(F)c1[N+](=O)[O-]. The number of rotatable bonds is 6. The van der Waals surface area contributed by atoms with Gasteiger partial charge in [0.1, 0.15) is 23.1 Å². The van der Waals surface area contributed by atoms with Crippen molar-refractivity contribution in [2.24, 2.45) is 4.99 Å². The molecule has 1 aliphatic carbocycles. The van der Waals surface area contributed by atoms with Crippen molar-refractivity contribution in [3.63, 3.8) is 0 Å². The molecule has 0 amide bonds. The number of alkyl halides is 1. The fraction of sp³-hybridized carbons (Fsp3) is 0.333. The predicted molar refractivity (Wildman–Crippen MR) is 80.9 cm³/mol. The quantitative estimate of drug-likeness (QED) is 0.0919. The number of aliphatic imine (C=N–C) groups is 1. The van der Waals surface area contributed by atoms with Gasteiger partial charge >= 0.3 is 11.7 Å². The van der Waals surface area contributed by atoms with Crippen LogP contribution in [0.4, 0.5) is 27.6 Å². The van der Waals surface area contributed by atoms with Crippen LogP contribution in [0.5, 0.6) is 0 Å². The first kappa shape index (κ1) is 20.3. The molecular weight excluding hydrogens is 383 g/mol. The molecule has 7 nitrogen and oxygen atoms in total. The number of benzene rings is 1. The van der Waals surface area contributed by atoms with E-state index in [0.717, 1.165) is 0 Å². The van der Waals surface area contributed by atoms with Crippen molar-refractivity contribution in [3.05, 3.63) is 44.5 Å². The molecule has 0 bridgehead atoms. The topological polar surface area (TPSA) is 102 Å². The third-order valence-corrected chi connectivity index (χ3v) is 3.49. The number of hydrogen-bond acceptors (Lipinski definition) is 6. The lowest BCUT2D eigenvalue weighted by molar-refractivity contribution is -0.388. The maximum absolute atomic E-state index is 14.1. The molecule has 2 rings (SSSR count). The molecule has 1 aromatic rings. The normalized spacial score (nSPS) is 19.8. The molecule has 2 unspecified atom stereocenters. The van der Waals surface area contributed by atoms with Gasteiger partial charge in [0.25, 0.3) is 0 Å². The van der Waals surface area contributed by atoms with E-state index in [4.69, 9.17) is 0 Å². The van der Waals surface area contributed by atoms with E-state index in [2.05, 4.69) is 9.73 Å². The fourth-order valence-corrected chi connectivity index (χ4v) is 2.04. The highest BCUT2D eigenvalue weighted by Crippen LogP contribution is 2.35. The highest BCUT2D eigenvalue weighted by Gasteiger charge is 2.38. The summed E-state index contributed by atoms with van der Waals surface area (Å²) in [5, 5.41) is 21.1. The zero-order chi connectivity index (χ0) is 20.5. The first-order valence-electron chi connectivity index (χ1n) is 7.40. The van der Waals surface area contributed by atoms with Crippen molar-refractivity contribution in [2.75, 3.05) is 6.61 Å². The molecule has 146 valence electrons. The Morgan fingerprint density at radius 2 is 1.85 bits per heavy atom. The molecule has 1 fully saturated rings. The van der Waals surface area contributed by atoms with Crippen LogP contribution in [-0.4, -0.2) is 41.0 Å². The number of nitro benzene ring substituents is 1. The van der Waals surface area contributed by atoms with Gasteiger partial charge < -0.3 is 9.84 Å². The van der Waals surface area contributed by atoms with Crippen LogP contribution in [0.25, 0.3) is 5.76 Å². The number of carbonyl (C=O) groups is 1. The molecule has 1 aromatic carbocycles. The van der Waals surface area contributed by atoms with E-state index in [-0.39, 0.29) is 13.0 Å². The molecule has 0 radical (unpaired) electrons. The third-order valence-electron chi connectivity index (χ3n) is 3.49. The van der Waals surface area contributed by atoms with Crippen molar-refractivity contribution >= 4 is 23.6 Å². The summed E-state index contributed by atoms with van der Waals surface area (Å²) in [6, 6.07) is -0.872. The van der Waals surface area contributed by atoms with Gasteiger partial charge in [-0.1, -0.05) is 0 Å². The van der Waals surface area contributed by atoms with Gasteiger partial charge in [0.15, 0.2) is 11.6 Å². The van der Waals surface area contributed by atoms with Crippen molar-refractivity contribution in [1.82, 2.24) is 0 Å². The lowest BCUT2D eigenvalue weighted by Crippen LogP contribution is -2.15. The molecule has 27 heavy (non-hydrogen) atoms. The fourth-order valence-electron chi connectivity index (χ4n) is 2.04. The Balaban J connectivity index is 2.75. The van der Waals surface area contributed by atoms with Crippen molar-refractivity contribution in [2.45, 2.75) is 25.6 Å². The molecular formula is C15H11F5N2O5. The average Bonchev–Trinajstić information content (AvgIpc) is 3.31. The molecule has 1 saturated carbocycles. The Kier molecular flexibility index (Phi) is 5.76. The zero-order valence-electron chi connectivity index (χ0n) is 13.5. The average molecular weight is 394 g/mol. The number of hydrogen-bond donors (Lipinski definition) is 1. The van der Waals surface area contributed by atoms with Gasteiger partial charge in [-0.15, -0.1) is 0 Å². The van der Waals surface area contributed by atoms with E-state index in [1.807, 2.05) is 0 Å². The molecule has 0 spiro atoms. The lowest BCUT2D eigenvalue weighted by atomic mass is 10.0. The first-order valence-corrected chi connectivity index (χ1v) is 7.40. The molecule has 1 aliphatic rings. The van der Waals surface area contributed by atoms with E-state index in [1.165, 1.54) is 6.92 Å². The summed E-state index contributed by atoms with van der Waals surface area (Å²) in [7, 11) is 0. The van der Waals surface area contributed by atoms with Crippen LogP contribution in [0, 0.1) is 33.4 Å². The largest absolute Gasteiger partial charge is 0.506 e. The van der Waals surface area contributed by atoms with Crippen molar-refractivity contribution < 1.29 is 41.5 Å². The van der Waals surface area contributed by atoms with E-state index in [0.29, 0.717) is 6.21 Å². The van der Waals surface area contributed by atoms with Gasteiger partial charge in [-0.2, -0.15) is 4.39 Å². The van der Waals surface area contributed by atoms with Gasteiger partial charge in [0, 0.05) is 12.6 Å². The van der Waals surface area contributed by atoms with Gasteiger partial charge in [-0.3, -0.25) is 15.1 Å². The number of nitro groups is 1. The molecule has 0 heterocycles. The van der Waals surface area contributed by atoms with E-state index >= 15 is 0 Å². The van der Waals surface area contributed by atoms with Crippen LogP contribution in [-0.2, 0) is 9.53 Å². The van der Waals surface area contributed by atoms with E-state index < -0.39 is 69.0 Å². The number of carbonyl (C=O) groups excluding carboxylic acids is 1. The van der Waals surface area contributed by atoms with Crippen LogP contribution in [0.1, 0.15) is 18.9 Å². The predicted octanol–water partition coefficient (Wildman–Crippen LogP) is 3.16. The smallest absolute Gasteiger partial charge is 0.343 e. The number of ether oxygens (including phenoxy) is 1. The Morgan fingerprint density at radius 3 is 2.33 bits per heavy atom. The molecule has 2 atom stereocenters.